The highest BCUT2D eigenvalue weighted by atomic mass is 32.2. The second-order valence-electron chi connectivity index (χ2n) is 2.80. The Morgan fingerprint density at radius 3 is 2.62 bits per heavy atom. The molecule has 1 N–H and O–H groups in total. The Labute approximate surface area is 81.2 Å². The average molecular weight is 225 g/mol. The van der Waals surface area contributed by atoms with Gasteiger partial charge in [-0.3, -0.25) is 4.79 Å². The highest BCUT2D eigenvalue weighted by molar-refractivity contribution is 7.99. The van der Waals surface area contributed by atoms with Crippen LogP contribution in [0.3, 0.4) is 0 Å². The van der Waals surface area contributed by atoms with E-state index in [4.69, 9.17) is 5.11 Å². The van der Waals surface area contributed by atoms with Crippen LogP contribution in [0.1, 0.15) is 0 Å². The lowest BCUT2D eigenvalue weighted by atomic mass is 10.3. The van der Waals surface area contributed by atoms with Crippen LogP contribution >= 0.6 is 11.8 Å². The Bertz CT molecular complexity index is 300. The molecule has 1 atom stereocenters. The van der Waals surface area contributed by atoms with Gasteiger partial charge >= 0.3 is 5.97 Å². The zero-order valence-electron chi connectivity index (χ0n) is 7.13. The van der Waals surface area contributed by atoms with E-state index in [1.807, 2.05) is 0 Å². The van der Waals surface area contributed by atoms with Crippen molar-refractivity contribution in [2.24, 2.45) is 0 Å². The maximum atomic E-state index is 11.2. The van der Waals surface area contributed by atoms with E-state index >= 15 is 0 Å². The molecule has 1 saturated heterocycles. The second-order valence-corrected chi connectivity index (χ2v) is 5.89. The van der Waals surface area contributed by atoms with Gasteiger partial charge in [-0.25, -0.2) is 8.42 Å². The highest BCUT2D eigenvalue weighted by Gasteiger charge is 2.34. The molecule has 1 fully saturated rings. The van der Waals surface area contributed by atoms with Crippen molar-refractivity contribution in [2.75, 3.05) is 24.3 Å². The minimum Gasteiger partial charge on any atom is -0.480 e. The highest BCUT2D eigenvalue weighted by Crippen LogP contribution is 2.18. The minimum atomic E-state index is -3.38. The summed E-state index contributed by atoms with van der Waals surface area (Å²) in [7, 11) is -3.38. The number of carbonyl (C=O) groups is 1. The Morgan fingerprint density at radius 1 is 1.62 bits per heavy atom. The van der Waals surface area contributed by atoms with Crippen LogP contribution in [-0.4, -0.2) is 54.1 Å². The molecule has 0 spiro atoms. The summed E-state index contributed by atoms with van der Waals surface area (Å²) in [6, 6.07) is -0.895. The van der Waals surface area contributed by atoms with Crippen molar-refractivity contribution in [3.8, 4) is 0 Å². The van der Waals surface area contributed by atoms with Gasteiger partial charge in [-0.05, 0) is 0 Å². The van der Waals surface area contributed by atoms with Gasteiger partial charge in [0.2, 0.25) is 10.0 Å². The summed E-state index contributed by atoms with van der Waals surface area (Å²) in [4.78, 5) is 10.7. The minimum absolute atomic E-state index is 0.292. The Morgan fingerprint density at radius 2 is 2.23 bits per heavy atom. The fraction of sp³-hybridized carbons (Fsp3) is 0.833. The van der Waals surface area contributed by atoms with Crippen LogP contribution in [0.2, 0.25) is 0 Å². The van der Waals surface area contributed by atoms with Crippen molar-refractivity contribution in [1.82, 2.24) is 4.31 Å². The largest absolute Gasteiger partial charge is 0.480 e. The average Bonchev–Trinajstić information content (AvgIpc) is 2.03. The van der Waals surface area contributed by atoms with E-state index in [1.165, 1.54) is 11.8 Å². The van der Waals surface area contributed by atoms with Crippen LogP contribution in [0.15, 0.2) is 0 Å². The molecule has 1 unspecified atom stereocenters. The second kappa shape index (κ2) is 3.85. The number of rotatable bonds is 2. The summed E-state index contributed by atoms with van der Waals surface area (Å²) in [5, 5.41) is 8.75. The van der Waals surface area contributed by atoms with Gasteiger partial charge in [0.05, 0.1) is 6.26 Å². The lowest BCUT2D eigenvalue weighted by Gasteiger charge is -2.30. The first-order valence-corrected chi connectivity index (χ1v) is 6.70. The first kappa shape index (κ1) is 10.8. The van der Waals surface area contributed by atoms with Gasteiger partial charge in [-0.15, -0.1) is 0 Å². The van der Waals surface area contributed by atoms with E-state index in [0.717, 1.165) is 10.6 Å². The summed E-state index contributed by atoms with van der Waals surface area (Å²) in [5.74, 6) is -0.0724. The fourth-order valence-corrected chi connectivity index (χ4v) is 3.48. The molecule has 13 heavy (non-hydrogen) atoms. The van der Waals surface area contributed by atoms with Gasteiger partial charge in [-0.2, -0.15) is 16.1 Å². The quantitative estimate of drug-likeness (QED) is 0.682. The number of aliphatic carboxylic acids is 1. The van der Waals surface area contributed by atoms with Crippen molar-refractivity contribution in [1.29, 1.82) is 0 Å². The van der Waals surface area contributed by atoms with Crippen molar-refractivity contribution < 1.29 is 18.3 Å². The molecular formula is C6H11NO4S2. The van der Waals surface area contributed by atoms with E-state index in [-0.39, 0.29) is 0 Å². The molecule has 0 amide bonds. The van der Waals surface area contributed by atoms with Crippen LogP contribution in [0.25, 0.3) is 0 Å². The van der Waals surface area contributed by atoms with Gasteiger partial charge in [0.25, 0.3) is 0 Å². The van der Waals surface area contributed by atoms with Gasteiger partial charge in [0.15, 0.2) is 0 Å². The monoisotopic (exact) mass is 225 g/mol. The van der Waals surface area contributed by atoms with Crippen LogP contribution in [0, 0.1) is 0 Å². The number of carboxylic acid groups (broad SMARTS) is 1. The molecule has 5 nitrogen and oxygen atoms in total. The lowest BCUT2D eigenvalue weighted by molar-refractivity contribution is -0.140. The normalized spacial score (nSPS) is 25.8. The molecule has 1 aliphatic rings. The third kappa shape index (κ3) is 2.58. The molecule has 1 heterocycles. The molecule has 0 aromatic carbocycles. The van der Waals surface area contributed by atoms with Crippen molar-refractivity contribution in [3.05, 3.63) is 0 Å². The lowest BCUT2D eigenvalue weighted by Crippen LogP contribution is -2.49. The molecular weight excluding hydrogens is 214 g/mol. The topological polar surface area (TPSA) is 74.7 Å². The van der Waals surface area contributed by atoms with Gasteiger partial charge in [0, 0.05) is 18.1 Å². The first-order valence-electron chi connectivity index (χ1n) is 3.70. The molecule has 1 rings (SSSR count). The molecule has 1 aliphatic heterocycles. The van der Waals surface area contributed by atoms with Crippen LogP contribution in [-0.2, 0) is 14.8 Å². The third-order valence-corrected chi connectivity index (χ3v) is 4.10. The van der Waals surface area contributed by atoms with E-state index < -0.39 is 22.0 Å². The number of nitrogens with zero attached hydrogens (tertiary/aromatic N) is 1. The maximum absolute atomic E-state index is 11.2. The van der Waals surface area contributed by atoms with Crippen LogP contribution < -0.4 is 0 Å². The maximum Gasteiger partial charge on any atom is 0.322 e. The molecule has 0 radical (unpaired) electrons. The van der Waals surface area contributed by atoms with Crippen LogP contribution in [0.5, 0.6) is 0 Å². The molecule has 0 bridgehead atoms. The van der Waals surface area contributed by atoms with Gasteiger partial charge in [0.1, 0.15) is 6.04 Å². The van der Waals surface area contributed by atoms with E-state index in [1.54, 1.807) is 0 Å². The number of sulfonamides is 1. The summed E-state index contributed by atoms with van der Waals surface area (Å²) < 4.78 is 23.4. The van der Waals surface area contributed by atoms with Crippen molar-refractivity contribution in [2.45, 2.75) is 6.04 Å². The van der Waals surface area contributed by atoms with E-state index in [9.17, 15) is 13.2 Å². The third-order valence-electron chi connectivity index (χ3n) is 1.79. The summed E-state index contributed by atoms with van der Waals surface area (Å²) in [6.07, 6.45) is 1.04. The predicted octanol–water partition coefficient (Wildman–Crippen LogP) is -0.552. The predicted molar refractivity (Wildman–Crippen MR) is 50.3 cm³/mol. The Balaban J connectivity index is 2.86. The van der Waals surface area contributed by atoms with Gasteiger partial charge in [-0.1, -0.05) is 0 Å². The molecule has 0 aromatic rings. The standard InChI is InChI=1S/C6H11NO4S2/c1-13(10,11)7-2-3-12-4-5(7)6(8)9/h5H,2-4H2,1H3,(H,8,9). The Kier molecular flexibility index (Phi) is 3.20. The molecule has 0 aromatic heterocycles. The smallest absolute Gasteiger partial charge is 0.322 e. The van der Waals surface area contributed by atoms with Crippen LogP contribution in [0.4, 0.5) is 0 Å². The number of thioether (sulfide) groups is 1. The van der Waals surface area contributed by atoms with E-state index in [2.05, 4.69) is 0 Å². The number of carboxylic acids is 1. The molecule has 0 aliphatic carbocycles. The molecule has 0 saturated carbocycles. The SMILES string of the molecule is CS(=O)(=O)N1CCSCC1C(=O)O. The zero-order chi connectivity index (χ0) is 10.1. The number of hydrogen-bond acceptors (Lipinski definition) is 4. The van der Waals surface area contributed by atoms with Crippen molar-refractivity contribution >= 4 is 27.8 Å². The molecule has 7 heteroatoms. The van der Waals surface area contributed by atoms with Crippen molar-refractivity contribution in [3.63, 3.8) is 0 Å². The summed E-state index contributed by atoms with van der Waals surface area (Å²) in [6.45, 7) is 0.292. The molecule has 76 valence electrons. The fourth-order valence-electron chi connectivity index (χ4n) is 1.18. The summed E-state index contributed by atoms with van der Waals surface area (Å²) in [5.41, 5.74) is 0. The van der Waals surface area contributed by atoms with E-state index in [0.29, 0.717) is 18.1 Å². The first-order chi connectivity index (χ1) is 5.93. The zero-order valence-corrected chi connectivity index (χ0v) is 8.77. The summed E-state index contributed by atoms with van der Waals surface area (Å²) >= 11 is 1.46. The van der Waals surface area contributed by atoms with Gasteiger partial charge < -0.3 is 5.11 Å². The Hall–Kier alpha value is -0.270. The number of hydrogen-bond donors (Lipinski definition) is 1.